The van der Waals surface area contributed by atoms with Gasteiger partial charge in [-0.1, -0.05) is 73.6 Å². The Kier molecular flexibility index (Phi) is 4.91. The average Bonchev–Trinajstić information content (AvgIpc) is 2.78. The molecule has 0 radical (unpaired) electrons. The highest BCUT2D eigenvalue weighted by Gasteiger charge is 2.46. The molecule has 0 atom stereocenters. The summed E-state index contributed by atoms with van der Waals surface area (Å²) in [6, 6.07) is 11.4. The van der Waals surface area contributed by atoms with Crippen LogP contribution < -0.4 is 0 Å². The molecule has 2 aromatic rings. The fourth-order valence-electron chi connectivity index (χ4n) is 4.81. The largest absolute Gasteiger partial charge is 0.370 e. The zero-order valence-electron chi connectivity index (χ0n) is 15.6. The summed E-state index contributed by atoms with van der Waals surface area (Å²) in [5.74, 6) is 0.565. The third kappa shape index (κ3) is 2.46. The molecule has 22 heavy (non-hydrogen) atoms. The quantitative estimate of drug-likeness (QED) is 0.535. The van der Waals surface area contributed by atoms with Crippen LogP contribution in [-0.2, 0) is 0 Å². The number of rotatable bonds is 5. The van der Waals surface area contributed by atoms with Crippen LogP contribution in [0.4, 0.5) is 0 Å². The molecule has 0 N–H and O–H groups in total. The smallest absolute Gasteiger partial charge is 0.169 e. The van der Waals surface area contributed by atoms with E-state index in [9.17, 15) is 0 Å². The van der Waals surface area contributed by atoms with Crippen LogP contribution in [0.3, 0.4) is 0 Å². The van der Waals surface area contributed by atoms with E-state index in [2.05, 4.69) is 90.0 Å². The van der Waals surface area contributed by atoms with Crippen LogP contribution in [0.1, 0.15) is 67.0 Å². The van der Waals surface area contributed by atoms with Gasteiger partial charge in [0.1, 0.15) is 0 Å². The topological polar surface area (TPSA) is 4.93 Å². The lowest BCUT2D eigenvalue weighted by Crippen LogP contribution is -2.52. The van der Waals surface area contributed by atoms with E-state index < -0.39 is 8.24 Å². The number of para-hydroxylation sites is 1. The van der Waals surface area contributed by atoms with Crippen LogP contribution in [0, 0.1) is 0 Å². The fourth-order valence-corrected chi connectivity index (χ4v) is 11.7. The molecule has 122 valence electrons. The summed E-state index contributed by atoms with van der Waals surface area (Å²) in [6.07, 6.45) is 0. The Hall–Kier alpha value is -1.02. The van der Waals surface area contributed by atoms with Gasteiger partial charge in [0, 0.05) is 11.2 Å². The van der Waals surface area contributed by atoms with Crippen molar-refractivity contribution in [2.75, 3.05) is 0 Å². The second-order valence-corrected chi connectivity index (χ2v) is 13.7. The molecule has 1 heterocycles. The van der Waals surface area contributed by atoms with Crippen molar-refractivity contribution in [2.45, 2.75) is 77.9 Å². The Bertz CT molecular complexity index is 612. The van der Waals surface area contributed by atoms with Gasteiger partial charge in [-0.05, 0) is 40.1 Å². The molecular weight excluding hydrogens is 282 g/mol. The van der Waals surface area contributed by atoms with Gasteiger partial charge in [-0.15, -0.1) is 0 Å². The van der Waals surface area contributed by atoms with Gasteiger partial charge in [0.15, 0.2) is 8.24 Å². The minimum Gasteiger partial charge on any atom is -0.370 e. The Balaban J connectivity index is 2.92. The second-order valence-electron chi connectivity index (χ2n) is 7.97. The molecule has 0 unspecified atom stereocenters. The number of hydrogen-bond donors (Lipinski definition) is 0. The van der Waals surface area contributed by atoms with Crippen LogP contribution in [0.5, 0.6) is 0 Å². The molecule has 0 saturated heterocycles. The third-order valence-corrected chi connectivity index (χ3v) is 12.3. The lowest BCUT2D eigenvalue weighted by molar-refractivity contribution is 0.730. The minimum absolute atomic E-state index is 0.565. The van der Waals surface area contributed by atoms with Gasteiger partial charge >= 0.3 is 0 Å². The third-order valence-electron chi connectivity index (χ3n) is 5.49. The molecule has 1 aromatic carbocycles. The highest BCUT2D eigenvalue weighted by atomic mass is 28.3. The van der Waals surface area contributed by atoms with E-state index in [-0.39, 0.29) is 0 Å². The summed E-state index contributed by atoms with van der Waals surface area (Å²) in [6.45, 7) is 19.4. The van der Waals surface area contributed by atoms with Crippen LogP contribution in [0.15, 0.2) is 30.3 Å². The van der Waals surface area contributed by atoms with Crippen molar-refractivity contribution in [3.8, 4) is 0 Å². The molecule has 0 aliphatic rings. The predicted octanol–water partition coefficient (Wildman–Crippen LogP) is 6.79. The lowest BCUT2D eigenvalue weighted by atomic mass is 10.1. The van der Waals surface area contributed by atoms with Gasteiger partial charge in [0.05, 0.1) is 0 Å². The minimum atomic E-state index is -1.71. The van der Waals surface area contributed by atoms with Crippen molar-refractivity contribution in [1.29, 1.82) is 0 Å². The van der Waals surface area contributed by atoms with Crippen molar-refractivity contribution in [2.24, 2.45) is 0 Å². The summed E-state index contributed by atoms with van der Waals surface area (Å²) < 4.78 is 2.83. The van der Waals surface area contributed by atoms with Crippen LogP contribution in [-0.4, -0.2) is 12.5 Å². The summed E-state index contributed by atoms with van der Waals surface area (Å²) in [5.41, 5.74) is 5.15. The van der Waals surface area contributed by atoms with Crippen molar-refractivity contribution >= 4 is 19.1 Å². The average molecular weight is 316 g/mol. The second kappa shape index (κ2) is 6.23. The zero-order valence-corrected chi connectivity index (χ0v) is 16.6. The maximum absolute atomic E-state index is 2.83. The number of fused-ring (bicyclic) bond motifs is 1. The normalized spacial score (nSPS) is 13.3. The van der Waals surface area contributed by atoms with Gasteiger partial charge in [-0.25, -0.2) is 0 Å². The van der Waals surface area contributed by atoms with Crippen molar-refractivity contribution in [1.82, 2.24) is 4.23 Å². The Morgan fingerprint density at radius 1 is 0.773 bits per heavy atom. The molecule has 0 spiro atoms. The van der Waals surface area contributed by atoms with E-state index in [1.165, 1.54) is 16.6 Å². The standard InChI is InChI=1S/C20H33NSi/c1-14(2)20-13-18-11-9-10-12-19(18)21(20)22(15(3)4,16(5)6)17(7)8/h9-17H,1-8H3. The van der Waals surface area contributed by atoms with Gasteiger partial charge < -0.3 is 4.23 Å². The summed E-state index contributed by atoms with van der Waals surface area (Å²) in [5, 5.41) is 1.41. The van der Waals surface area contributed by atoms with E-state index >= 15 is 0 Å². The molecule has 0 aliphatic heterocycles. The molecule has 1 aromatic heterocycles. The molecule has 0 fully saturated rings. The zero-order chi connectivity index (χ0) is 16.7. The molecular formula is C20H33NSi. The Morgan fingerprint density at radius 3 is 1.73 bits per heavy atom. The van der Waals surface area contributed by atoms with E-state index in [0.717, 1.165) is 16.6 Å². The molecule has 2 heteroatoms. The summed E-state index contributed by atoms with van der Waals surface area (Å²) in [7, 11) is -1.71. The Labute approximate surface area is 137 Å². The van der Waals surface area contributed by atoms with E-state index in [1.54, 1.807) is 0 Å². The lowest BCUT2D eigenvalue weighted by Gasteiger charge is -2.46. The first kappa shape index (κ1) is 17.3. The molecule has 0 aliphatic carbocycles. The number of nitrogens with zero attached hydrogens (tertiary/aromatic N) is 1. The Morgan fingerprint density at radius 2 is 1.27 bits per heavy atom. The maximum Gasteiger partial charge on any atom is 0.169 e. The first-order valence-corrected chi connectivity index (χ1v) is 11.0. The van der Waals surface area contributed by atoms with Crippen molar-refractivity contribution < 1.29 is 0 Å². The molecule has 2 rings (SSSR count). The molecule has 0 saturated carbocycles. The maximum atomic E-state index is 2.83. The van der Waals surface area contributed by atoms with Crippen molar-refractivity contribution in [3.63, 3.8) is 0 Å². The van der Waals surface area contributed by atoms with Gasteiger partial charge in [-0.3, -0.25) is 0 Å². The van der Waals surface area contributed by atoms with Crippen LogP contribution in [0.2, 0.25) is 16.6 Å². The van der Waals surface area contributed by atoms with Gasteiger partial charge in [0.25, 0.3) is 0 Å². The van der Waals surface area contributed by atoms with E-state index in [1.807, 2.05) is 0 Å². The SMILES string of the molecule is CC(C)c1cc2ccccc2n1[Si](C(C)C)(C(C)C)C(C)C. The molecule has 0 amide bonds. The van der Waals surface area contributed by atoms with E-state index in [0.29, 0.717) is 5.92 Å². The first-order valence-electron chi connectivity index (χ1n) is 8.85. The molecule has 0 bridgehead atoms. The highest BCUT2D eigenvalue weighted by Crippen LogP contribution is 2.46. The van der Waals surface area contributed by atoms with Gasteiger partial charge in [0.2, 0.25) is 0 Å². The van der Waals surface area contributed by atoms with E-state index in [4.69, 9.17) is 0 Å². The highest BCUT2D eigenvalue weighted by molar-refractivity contribution is 6.82. The van der Waals surface area contributed by atoms with Gasteiger partial charge in [-0.2, -0.15) is 0 Å². The molecule has 1 nitrogen and oxygen atoms in total. The first-order chi connectivity index (χ1) is 10.2. The monoisotopic (exact) mass is 315 g/mol. The number of aromatic nitrogens is 1. The van der Waals surface area contributed by atoms with Crippen molar-refractivity contribution in [3.05, 3.63) is 36.0 Å². The fraction of sp³-hybridized carbons (Fsp3) is 0.600. The number of benzene rings is 1. The van der Waals surface area contributed by atoms with Crippen LogP contribution in [0.25, 0.3) is 10.9 Å². The van der Waals surface area contributed by atoms with Crippen LogP contribution >= 0.6 is 0 Å². The number of hydrogen-bond acceptors (Lipinski definition) is 0. The predicted molar refractivity (Wildman–Crippen MR) is 102 cm³/mol. The summed E-state index contributed by atoms with van der Waals surface area (Å²) in [4.78, 5) is 0. The summed E-state index contributed by atoms with van der Waals surface area (Å²) >= 11 is 0.